The summed E-state index contributed by atoms with van der Waals surface area (Å²) in [5.74, 6) is 0. The molecule has 0 aliphatic carbocycles. The minimum atomic E-state index is 0.114. The summed E-state index contributed by atoms with van der Waals surface area (Å²) in [4.78, 5) is 0. The van der Waals surface area contributed by atoms with Crippen molar-refractivity contribution in [2.24, 2.45) is 0 Å². The average Bonchev–Trinajstić information content (AvgIpc) is 2.26. The van der Waals surface area contributed by atoms with Gasteiger partial charge >= 0.3 is 0 Å². The third-order valence-corrected chi connectivity index (χ3v) is 4.01. The Balaban J connectivity index is 2.15. The van der Waals surface area contributed by atoms with E-state index >= 15 is 0 Å². The molecule has 0 saturated carbocycles. The molecule has 0 bridgehead atoms. The molecule has 0 atom stereocenters. The molecule has 0 spiro atoms. The van der Waals surface area contributed by atoms with Crippen molar-refractivity contribution in [2.75, 3.05) is 16.6 Å². The fraction of sp³-hybridized carbons (Fsp3) is 0.538. The third-order valence-electron chi connectivity index (χ3n) is 2.71. The Morgan fingerprint density at radius 1 is 1.35 bits per heavy atom. The van der Waals surface area contributed by atoms with E-state index in [9.17, 15) is 0 Å². The van der Waals surface area contributed by atoms with Crippen LogP contribution in [0.15, 0.2) is 18.2 Å². The van der Waals surface area contributed by atoms with Gasteiger partial charge in [0.25, 0.3) is 0 Å². The van der Waals surface area contributed by atoms with E-state index in [1.807, 2.05) is 12.1 Å². The molecule has 1 aliphatic heterocycles. The molecule has 0 radical (unpaired) electrons. The van der Waals surface area contributed by atoms with Crippen LogP contribution in [0.2, 0.25) is 0 Å². The predicted octanol–water partition coefficient (Wildman–Crippen LogP) is 2.97. The summed E-state index contributed by atoms with van der Waals surface area (Å²) in [7, 11) is 0. The predicted molar refractivity (Wildman–Crippen MR) is 77.0 cm³/mol. The van der Waals surface area contributed by atoms with Crippen LogP contribution in [0.25, 0.3) is 0 Å². The van der Waals surface area contributed by atoms with Gasteiger partial charge in [0.05, 0.1) is 5.69 Å². The number of hydrogen-bond donors (Lipinski definition) is 2. The van der Waals surface area contributed by atoms with E-state index < -0.39 is 0 Å². The van der Waals surface area contributed by atoms with Crippen LogP contribution in [0.5, 0.6) is 0 Å². The zero-order chi connectivity index (χ0) is 12.5. The zero-order valence-corrected chi connectivity index (χ0v) is 11.6. The molecular formula is C13H21N3S. The van der Waals surface area contributed by atoms with E-state index in [1.165, 1.54) is 17.7 Å². The largest absolute Gasteiger partial charge is 0.398 e. The topological polar surface area (TPSA) is 41.3 Å². The van der Waals surface area contributed by atoms with Gasteiger partial charge in [0.1, 0.15) is 0 Å². The Kier molecular flexibility index (Phi) is 3.54. The summed E-state index contributed by atoms with van der Waals surface area (Å²) >= 11 is 1.68. The Labute approximate surface area is 108 Å². The highest BCUT2D eigenvalue weighted by atomic mass is 32.2. The summed E-state index contributed by atoms with van der Waals surface area (Å²) in [5.41, 5.74) is 9.62. The molecule has 1 aliphatic rings. The van der Waals surface area contributed by atoms with Crippen LogP contribution in [0, 0.1) is 0 Å². The molecule has 0 fully saturated rings. The Bertz CT molecular complexity index is 398. The molecule has 3 nitrogen and oxygen atoms in total. The number of benzene rings is 1. The van der Waals surface area contributed by atoms with Gasteiger partial charge in [0, 0.05) is 29.9 Å². The lowest BCUT2D eigenvalue weighted by atomic mass is 10.0. The van der Waals surface area contributed by atoms with Gasteiger partial charge in [-0.25, -0.2) is 4.72 Å². The fourth-order valence-corrected chi connectivity index (χ4v) is 2.78. The second-order valence-corrected chi connectivity index (χ2v) is 6.32. The Morgan fingerprint density at radius 2 is 2.12 bits per heavy atom. The number of rotatable bonds is 2. The highest BCUT2D eigenvalue weighted by molar-refractivity contribution is 7.98. The Hall–Kier alpha value is -0.870. The number of fused-ring (bicyclic) bond motifs is 1. The lowest BCUT2D eigenvalue weighted by Gasteiger charge is -2.33. The maximum atomic E-state index is 6.03. The number of nitrogens with two attached hydrogens (primary N) is 1. The first-order valence-electron chi connectivity index (χ1n) is 6.06. The van der Waals surface area contributed by atoms with Crippen molar-refractivity contribution >= 4 is 23.5 Å². The van der Waals surface area contributed by atoms with Crippen molar-refractivity contribution < 1.29 is 0 Å². The highest BCUT2D eigenvalue weighted by Gasteiger charge is 2.20. The van der Waals surface area contributed by atoms with Gasteiger partial charge in [-0.2, -0.15) is 0 Å². The van der Waals surface area contributed by atoms with E-state index in [0.717, 1.165) is 18.7 Å². The van der Waals surface area contributed by atoms with Crippen molar-refractivity contribution in [3.8, 4) is 0 Å². The second kappa shape index (κ2) is 4.78. The van der Waals surface area contributed by atoms with E-state index in [1.54, 1.807) is 12.1 Å². The second-order valence-electron chi connectivity index (χ2n) is 5.49. The Morgan fingerprint density at radius 3 is 2.82 bits per heavy atom. The zero-order valence-electron chi connectivity index (χ0n) is 10.8. The fourth-order valence-electron chi connectivity index (χ4n) is 1.90. The third kappa shape index (κ3) is 3.07. The number of anilines is 2. The molecule has 0 aromatic heterocycles. The van der Waals surface area contributed by atoms with Crippen LogP contribution in [0.1, 0.15) is 32.8 Å². The van der Waals surface area contributed by atoms with Gasteiger partial charge in [-0.05, 0) is 51.3 Å². The van der Waals surface area contributed by atoms with E-state index in [4.69, 9.17) is 5.73 Å². The van der Waals surface area contributed by atoms with Crippen molar-refractivity contribution in [3.05, 3.63) is 23.8 Å². The van der Waals surface area contributed by atoms with Gasteiger partial charge in [0.2, 0.25) is 0 Å². The molecule has 0 unspecified atom stereocenters. The highest BCUT2D eigenvalue weighted by Crippen LogP contribution is 2.34. The van der Waals surface area contributed by atoms with Crippen LogP contribution in [-0.2, 0) is 6.42 Å². The van der Waals surface area contributed by atoms with Crippen LogP contribution < -0.4 is 14.8 Å². The summed E-state index contributed by atoms with van der Waals surface area (Å²) in [5, 5.41) is 0. The molecule has 1 aromatic carbocycles. The number of nitrogen functional groups attached to an aromatic ring is 1. The summed E-state index contributed by atoms with van der Waals surface area (Å²) in [6.07, 6.45) is 2.26. The molecule has 1 heterocycles. The monoisotopic (exact) mass is 251 g/mol. The lowest BCUT2D eigenvalue weighted by molar-refractivity contribution is 0.534. The lowest BCUT2D eigenvalue weighted by Crippen LogP contribution is -2.36. The first kappa shape index (κ1) is 12.6. The molecule has 1 aromatic rings. The van der Waals surface area contributed by atoms with E-state index in [0.29, 0.717) is 0 Å². The van der Waals surface area contributed by atoms with Crippen molar-refractivity contribution in [3.63, 3.8) is 0 Å². The first-order valence-corrected chi connectivity index (χ1v) is 6.84. The number of hydrogen-bond acceptors (Lipinski definition) is 4. The van der Waals surface area contributed by atoms with Gasteiger partial charge < -0.3 is 10.0 Å². The van der Waals surface area contributed by atoms with E-state index in [2.05, 4.69) is 35.9 Å². The normalized spacial score (nSPS) is 15.8. The molecule has 17 heavy (non-hydrogen) atoms. The van der Waals surface area contributed by atoms with E-state index in [-0.39, 0.29) is 5.54 Å². The molecule has 4 heteroatoms. The van der Waals surface area contributed by atoms with Gasteiger partial charge in [-0.3, -0.25) is 0 Å². The average molecular weight is 251 g/mol. The minimum absolute atomic E-state index is 0.114. The van der Waals surface area contributed by atoms with Crippen LogP contribution in [0.3, 0.4) is 0 Å². The van der Waals surface area contributed by atoms with Crippen molar-refractivity contribution in [1.29, 1.82) is 0 Å². The molecular weight excluding hydrogens is 230 g/mol. The first-order chi connectivity index (χ1) is 7.97. The minimum Gasteiger partial charge on any atom is -0.398 e. The number of nitrogens with one attached hydrogen (secondary N) is 1. The summed E-state index contributed by atoms with van der Waals surface area (Å²) in [6, 6.07) is 6.18. The van der Waals surface area contributed by atoms with Crippen molar-refractivity contribution in [1.82, 2.24) is 4.72 Å². The van der Waals surface area contributed by atoms with Crippen LogP contribution in [0.4, 0.5) is 11.4 Å². The molecule has 0 saturated heterocycles. The summed E-state index contributed by atoms with van der Waals surface area (Å²) in [6.45, 7) is 7.59. The maximum absolute atomic E-state index is 6.03. The van der Waals surface area contributed by atoms with Gasteiger partial charge in [-0.15, -0.1) is 0 Å². The van der Waals surface area contributed by atoms with Crippen LogP contribution in [-0.4, -0.2) is 12.1 Å². The van der Waals surface area contributed by atoms with Gasteiger partial charge in [0.15, 0.2) is 0 Å². The quantitative estimate of drug-likeness (QED) is 0.626. The number of nitrogens with zero attached hydrogens (tertiary/aromatic N) is 1. The van der Waals surface area contributed by atoms with Gasteiger partial charge in [-0.1, -0.05) is 6.07 Å². The standard InChI is InChI=1S/C13H21N3S/c1-13(2,3)15-17-16-9-5-6-10-11(14)7-4-8-12(10)16/h4,7-8,15H,5-6,9,14H2,1-3H3. The van der Waals surface area contributed by atoms with Crippen molar-refractivity contribution in [2.45, 2.75) is 39.2 Å². The molecule has 3 N–H and O–H groups in total. The molecule has 94 valence electrons. The smallest absolute Gasteiger partial charge is 0.0534 e. The summed E-state index contributed by atoms with van der Waals surface area (Å²) < 4.78 is 5.76. The molecule has 0 amide bonds. The SMILES string of the molecule is CC(C)(C)NSN1CCCc2c(N)cccc21. The molecule has 2 rings (SSSR count). The van der Waals surface area contributed by atoms with Crippen LogP contribution >= 0.6 is 12.1 Å². The maximum Gasteiger partial charge on any atom is 0.0534 e.